The quantitative estimate of drug-likeness (QED) is 0.0217. The van der Waals surface area contributed by atoms with Crippen LogP contribution >= 0.6 is 7.82 Å². The minimum absolute atomic E-state index is 0.0264. The van der Waals surface area contributed by atoms with Gasteiger partial charge >= 0.3 is 19.8 Å². The highest BCUT2D eigenvalue weighted by Gasteiger charge is 2.27. The van der Waals surface area contributed by atoms with Crippen molar-refractivity contribution in [2.45, 2.75) is 174 Å². The van der Waals surface area contributed by atoms with Crippen LogP contribution in [0.15, 0.2) is 48.6 Å². The predicted octanol–water partition coefficient (Wildman–Crippen LogP) is 11.9. The molecule has 0 aromatic carbocycles. The smallest absolute Gasteiger partial charge is 0.462 e. The van der Waals surface area contributed by atoms with Gasteiger partial charge in [-0.15, -0.1) is 0 Å². The monoisotopic (exact) mass is 783 g/mol. The lowest BCUT2D eigenvalue weighted by Gasteiger charge is -2.24. The Hall–Kier alpha value is -2.03. The van der Waals surface area contributed by atoms with E-state index in [1.807, 2.05) is 21.1 Å². The first-order chi connectivity index (χ1) is 26.0. The Bertz CT molecular complexity index is 1070. The Labute approximate surface area is 331 Å². The molecule has 0 fully saturated rings. The van der Waals surface area contributed by atoms with E-state index in [1.165, 1.54) is 64.2 Å². The van der Waals surface area contributed by atoms with Gasteiger partial charge in [0, 0.05) is 12.8 Å². The molecular formula is C44H81NO8P+. The summed E-state index contributed by atoms with van der Waals surface area (Å²) in [4.78, 5) is 35.3. The largest absolute Gasteiger partial charge is 0.472 e. The van der Waals surface area contributed by atoms with Gasteiger partial charge in [-0.3, -0.25) is 18.6 Å². The van der Waals surface area contributed by atoms with Gasteiger partial charge in [0.2, 0.25) is 0 Å². The molecular weight excluding hydrogens is 701 g/mol. The van der Waals surface area contributed by atoms with Crippen molar-refractivity contribution in [1.82, 2.24) is 0 Å². The molecule has 0 saturated heterocycles. The minimum atomic E-state index is -4.38. The van der Waals surface area contributed by atoms with E-state index in [9.17, 15) is 19.0 Å². The molecule has 0 saturated carbocycles. The van der Waals surface area contributed by atoms with Crippen LogP contribution in [0.4, 0.5) is 0 Å². The molecule has 0 aliphatic carbocycles. The van der Waals surface area contributed by atoms with E-state index in [0.717, 1.165) is 70.6 Å². The molecule has 314 valence electrons. The molecule has 9 nitrogen and oxygen atoms in total. The van der Waals surface area contributed by atoms with Gasteiger partial charge < -0.3 is 18.9 Å². The van der Waals surface area contributed by atoms with E-state index in [-0.39, 0.29) is 32.0 Å². The Morgan fingerprint density at radius 1 is 0.593 bits per heavy atom. The van der Waals surface area contributed by atoms with Crippen molar-refractivity contribution < 1.29 is 42.1 Å². The van der Waals surface area contributed by atoms with E-state index in [0.29, 0.717) is 17.4 Å². The van der Waals surface area contributed by atoms with Gasteiger partial charge in [-0.25, -0.2) is 4.57 Å². The van der Waals surface area contributed by atoms with Crippen LogP contribution in [0.2, 0.25) is 0 Å². The Kier molecular flexibility index (Phi) is 35.2. The lowest BCUT2D eigenvalue weighted by atomic mass is 10.1. The number of carbonyl (C=O) groups excluding carboxylic acids is 2. The number of quaternary nitrogens is 1. The van der Waals surface area contributed by atoms with Crippen molar-refractivity contribution in [2.75, 3.05) is 47.5 Å². The number of phosphoric ester groups is 1. The summed E-state index contributed by atoms with van der Waals surface area (Å²) in [7, 11) is 1.46. The maximum Gasteiger partial charge on any atom is 0.472 e. The summed E-state index contributed by atoms with van der Waals surface area (Å²) in [6, 6.07) is 0. The van der Waals surface area contributed by atoms with Crippen LogP contribution in [0.5, 0.6) is 0 Å². The third-order valence-corrected chi connectivity index (χ3v) is 9.83. The molecule has 1 unspecified atom stereocenters. The SMILES string of the molecule is CC/C=C/C/C=C/C/C=C/CCCCCCCC(=O)O[C@H](COC(=O)CCCCCCCCCCC/C=C/CCCC)COP(=O)(O)OCC[N+](C)(C)C. The fourth-order valence-electron chi connectivity index (χ4n) is 5.48. The molecule has 0 aromatic rings. The lowest BCUT2D eigenvalue weighted by molar-refractivity contribution is -0.870. The van der Waals surface area contributed by atoms with Crippen molar-refractivity contribution in [3.8, 4) is 0 Å². The molecule has 0 amide bonds. The summed E-state index contributed by atoms with van der Waals surface area (Å²) in [5, 5.41) is 0. The summed E-state index contributed by atoms with van der Waals surface area (Å²) < 4.78 is 34.3. The van der Waals surface area contributed by atoms with E-state index in [2.05, 4.69) is 62.5 Å². The zero-order valence-electron chi connectivity index (χ0n) is 35.2. The molecule has 0 aliphatic rings. The molecule has 2 atom stereocenters. The van der Waals surface area contributed by atoms with E-state index in [1.54, 1.807) is 0 Å². The number of likely N-dealkylation sites (N-methyl/N-ethyl adjacent to an activating group) is 1. The first-order valence-corrected chi connectivity index (χ1v) is 22.9. The Morgan fingerprint density at radius 3 is 1.59 bits per heavy atom. The number of ether oxygens (including phenoxy) is 2. The number of hydrogen-bond donors (Lipinski definition) is 1. The summed E-state index contributed by atoms with van der Waals surface area (Å²) >= 11 is 0. The number of allylic oxidation sites excluding steroid dienone is 8. The second-order valence-electron chi connectivity index (χ2n) is 15.3. The fraction of sp³-hybridized carbons (Fsp3) is 0.773. The lowest BCUT2D eigenvalue weighted by Crippen LogP contribution is -2.37. The van der Waals surface area contributed by atoms with E-state index in [4.69, 9.17) is 18.5 Å². The molecule has 0 heterocycles. The van der Waals surface area contributed by atoms with Crippen molar-refractivity contribution in [1.29, 1.82) is 0 Å². The van der Waals surface area contributed by atoms with Gasteiger partial charge in [0.05, 0.1) is 27.7 Å². The summed E-state index contributed by atoms with van der Waals surface area (Å²) in [6.45, 7) is 4.25. The Morgan fingerprint density at radius 2 is 1.06 bits per heavy atom. The predicted molar refractivity (Wildman–Crippen MR) is 224 cm³/mol. The maximum atomic E-state index is 12.7. The van der Waals surface area contributed by atoms with Gasteiger partial charge in [-0.05, 0) is 64.2 Å². The number of unbranched alkanes of at least 4 members (excludes halogenated alkanes) is 16. The van der Waals surface area contributed by atoms with Gasteiger partial charge in [-0.2, -0.15) is 0 Å². The molecule has 0 bridgehead atoms. The van der Waals surface area contributed by atoms with Crippen LogP contribution in [0.3, 0.4) is 0 Å². The average Bonchev–Trinajstić information content (AvgIpc) is 3.12. The summed E-state index contributed by atoms with van der Waals surface area (Å²) in [5.74, 6) is -0.823. The van der Waals surface area contributed by atoms with Crippen LogP contribution in [-0.2, 0) is 32.7 Å². The molecule has 1 N–H and O–H groups in total. The number of carbonyl (C=O) groups is 2. The number of esters is 2. The third-order valence-electron chi connectivity index (χ3n) is 8.84. The molecule has 54 heavy (non-hydrogen) atoms. The zero-order valence-corrected chi connectivity index (χ0v) is 36.1. The first kappa shape index (κ1) is 52.0. The number of phosphoric acid groups is 1. The standard InChI is InChI=1S/C44H80NO8P/c1-6-8-10-12-14-16-18-20-22-24-26-28-30-32-34-36-43(46)50-40-42(41-52-54(48,49)51-39-38-45(3,4)5)53-44(47)37-35-33-31-29-27-25-23-21-19-17-15-13-11-9-7-2/h9,11-12,14-15,17,21,23,42H,6-8,10,13,16,18-20,22,24-41H2,1-5H3/p+1/b11-9+,14-12+,17-15+,23-21+/t42-/m1/s1. The van der Waals surface area contributed by atoms with Crippen LogP contribution in [0.1, 0.15) is 168 Å². The van der Waals surface area contributed by atoms with Gasteiger partial charge in [0.15, 0.2) is 6.10 Å². The molecule has 10 heteroatoms. The highest BCUT2D eigenvalue weighted by atomic mass is 31.2. The van der Waals surface area contributed by atoms with Crippen LogP contribution < -0.4 is 0 Å². The normalized spacial score (nSPS) is 14.1. The second-order valence-corrected chi connectivity index (χ2v) is 16.8. The van der Waals surface area contributed by atoms with Crippen LogP contribution in [0.25, 0.3) is 0 Å². The molecule has 0 spiro atoms. The molecule has 0 rings (SSSR count). The topological polar surface area (TPSA) is 108 Å². The zero-order chi connectivity index (χ0) is 40.0. The van der Waals surface area contributed by atoms with Crippen molar-refractivity contribution in [3.63, 3.8) is 0 Å². The van der Waals surface area contributed by atoms with Crippen molar-refractivity contribution >= 4 is 19.8 Å². The number of nitrogens with zero attached hydrogens (tertiary/aromatic N) is 1. The number of rotatable bonds is 38. The summed E-state index contributed by atoms with van der Waals surface area (Å²) in [5.41, 5.74) is 0. The van der Waals surface area contributed by atoms with E-state index < -0.39 is 26.5 Å². The fourth-order valence-corrected chi connectivity index (χ4v) is 6.22. The first-order valence-electron chi connectivity index (χ1n) is 21.4. The van der Waals surface area contributed by atoms with Gasteiger partial charge in [0.1, 0.15) is 19.8 Å². The van der Waals surface area contributed by atoms with Crippen LogP contribution in [0, 0.1) is 0 Å². The molecule has 0 aromatic heterocycles. The van der Waals surface area contributed by atoms with Crippen molar-refractivity contribution in [3.05, 3.63) is 48.6 Å². The van der Waals surface area contributed by atoms with Gasteiger partial charge in [0.25, 0.3) is 0 Å². The maximum absolute atomic E-state index is 12.7. The molecule has 0 radical (unpaired) electrons. The number of hydrogen-bond acceptors (Lipinski definition) is 7. The van der Waals surface area contributed by atoms with Crippen LogP contribution in [-0.4, -0.2) is 74.9 Å². The highest BCUT2D eigenvalue weighted by molar-refractivity contribution is 7.47. The minimum Gasteiger partial charge on any atom is -0.462 e. The average molecular weight is 783 g/mol. The Balaban J connectivity index is 4.40. The van der Waals surface area contributed by atoms with Gasteiger partial charge in [-0.1, -0.05) is 140 Å². The third kappa shape index (κ3) is 39.7. The van der Waals surface area contributed by atoms with Crippen molar-refractivity contribution in [2.24, 2.45) is 0 Å². The molecule has 0 aliphatic heterocycles. The summed E-state index contributed by atoms with van der Waals surface area (Å²) in [6.07, 6.45) is 41.5. The highest BCUT2D eigenvalue weighted by Crippen LogP contribution is 2.43. The second kappa shape index (κ2) is 36.6. The van der Waals surface area contributed by atoms with E-state index >= 15 is 0 Å².